The van der Waals surface area contributed by atoms with E-state index in [0.717, 1.165) is 18.5 Å². The molecule has 0 fully saturated rings. The SMILES string of the molecule is C=CC[C@@]1(C(=O)NCCCN(C)C)N=C(c2ccc(OCCCO)cc2)O[C@@H]1C. The highest BCUT2D eigenvalue weighted by Gasteiger charge is 2.49. The average molecular weight is 404 g/mol. The van der Waals surface area contributed by atoms with Gasteiger partial charge >= 0.3 is 0 Å². The first-order chi connectivity index (χ1) is 13.9. The van der Waals surface area contributed by atoms with Crippen molar-refractivity contribution in [3.63, 3.8) is 0 Å². The van der Waals surface area contributed by atoms with Crippen molar-refractivity contribution in [3.8, 4) is 5.75 Å². The number of aliphatic imine (C=N–C) groups is 1. The summed E-state index contributed by atoms with van der Waals surface area (Å²) in [4.78, 5) is 19.8. The number of carbonyl (C=O) groups is 1. The van der Waals surface area contributed by atoms with Crippen molar-refractivity contribution in [2.24, 2.45) is 4.99 Å². The Kier molecular flexibility index (Phi) is 8.67. The van der Waals surface area contributed by atoms with Crippen molar-refractivity contribution in [2.45, 2.75) is 37.8 Å². The zero-order valence-corrected chi connectivity index (χ0v) is 17.7. The molecule has 0 radical (unpaired) electrons. The summed E-state index contributed by atoms with van der Waals surface area (Å²) in [5, 5.41) is 11.8. The number of nitrogens with zero attached hydrogens (tertiary/aromatic N) is 2. The number of aliphatic hydroxyl groups is 1. The summed E-state index contributed by atoms with van der Waals surface area (Å²) in [6.45, 7) is 7.73. The largest absolute Gasteiger partial charge is 0.494 e. The van der Waals surface area contributed by atoms with E-state index in [1.807, 2.05) is 45.3 Å². The second-order valence-corrected chi connectivity index (χ2v) is 7.46. The Morgan fingerprint density at radius 3 is 2.72 bits per heavy atom. The van der Waals surface area contributed by atoms with E-state index in [9.17, 15) is 4.79 Å². The van der Waals surface area contributed by atoms with Crippen LogP contribution >= 0.6 is 0 Å². The molecule has 7 heteroatoms. The Bertz CT molecular complexity index is 703. The Labute approximate surface area is 173 Å². The van der Waals surface area contributed by atoms with E-state index in [-0.39, 0.29) is 12.5 Å². The standard InChI is InChI=1S/C22H33N3O4/c1-5-12-22(21(27)23-13-6-14-25(3)4)17(2)29-20(24-22)18-8-10-19(11-9-18)28-16-7-15-26/h5,8-11,17,26H,1,6-7,12-16H2,2-4H3,(H,23,27)/t17-,22-/m1/s1. The molecule has 1 aliphatic rings. The number of amides is 1. The van der Waals surface area contributed by atoms with Gasteiger partial charge in [0.1, 0.15) is 11.9 Å². The number of rotatable bonds is 12. The van der Waals surface area contributed by atoms with Crippen LogP contribution in [0.3, 0.4) is 0 Å². The van der Waals surface area contributed by atoms with E-state index in [4.69, 9.17) is 19.6 Å². The quantitative estimate of drug-likeness (QED) is 0.412. The van der Waals surface area contributed by atoms with Crippen LogP contribution in [0.15, 0.2) is 41.9 Å². The third-order valence-electron chi connectivity index (χ3n) is 4.85. The maximum absolute atomic E-state index is 13.0. The molecule has 1 amide bonds. The van der Waals surface area contributed by atoms with Gasteiger partial charge in [0.15, 0.2) is 5.54 Å². The predicted octanol–water partition coefficient (Wildman–Crippen LogP) is 2.00. The Hall–Kier alpha value is -2.38. The van der Waals surface area contributed by atoms with Crippen LogP contribution in [-0.4, -0.2) is 73.9 Å². The van der Waals surface area contributed by atoms with Crippen LogP contribution in [0.4, 0.5) is 0 Å². The fraction of sp³-hybridized carbons (Fsp3) is 0.545. The first kappa shape index (κ1) is 22.9. The van der Waals surface area contributed by atoms with Gasteiger partial charge in [-0.25, -0.2) is 4.99 Å². The molecule has 1 aliphatic heterocycles. The fourth-order valence-electron chi connectivity index (χ4n) is 3.15. The van der Waals surface area contributed by atoms with Crippen molar-refractivity contribution >= 4 is 11.8 Å². The Balaban J connectivity index is 2.11. The smallest absolute Gasteiger partial charge is 0.252 e. The lowest BCUT2D eigenvalue weighted by molar-refractivity contribution is -0.128. The molecule has 0 aromatic heterocycles. The molecular formula is C22H33N3O4. The normalized spacial score (nSPS) is 20.9. The van der Waals surface area contributed by atoms with Crippen LogP contribution in [-0.2, 0) is 9.53 Å². The third-order valence-corrected chi connectivity index (χ3v) is 4.85. The van der Waals surface area contributed by atoms with E-state index < -0.39 is 11.6 Å². The van der Waals surface area contributed by atoms with Gasteiger partial charge in [-0.05, 0) is 58.3 Å². The number of carbonyl (C=O) groups excluding carboxylic acids is 1. The monoisotopic (exact) mass is 403 g/mol. The molecule has 0 aliphatic carbocycles. The molecular weight excluding hydrogens is 370 g/mol. The van der Waals surface area contributed by atoms with E-state index >= 15 is 0 Å². The predicted molar refractivity (Wildman–Crippen MR) is 114 cm³/mol. The van der Waals surface area contributed by atoms with Crippen molar-refractivity contribution in [2.75, 3.05) is 40.4 Å². The minimum Gasteiger partial charge on any atom is -0.494 e. The molecule has 7 nitrogen and oxygen atoms in total. The Morgan fingerprint density at radius 1 is 1.38 bits per heavy atom. The molecule has 1 heterocycles. The second kappa shape index (κ2) is 11.0. The van der Waals surface area contributed by atoms with E-state index in [2.05, 4.69) is 16.8 Å². The molecule has 2 N–H and O–H groups in total. The second-order valence-electron chi connectivity index (χ2n) is 7.46. The molecule has 29 heavy (non-hydrogen) atoms. The molecule has 160 valence electrons. The molecule has 1 aromatic rings. The van der Waals surface area contributed by atoms with Gasteiger partial charge in [-0.2, -0.15) is 0 Å². The van der Waals surface area contributed by atoms with Crippen molar-refractivity contribution in [1.82, 2.24) is 10.2 Å². The maximum Gasteiger partial charge on any atom is 0.252 e. The van der Waals surface area contributed by atoms with Gasteiger partial charge in [-0.15, -0.1) is 6.58 Å². The molecule has 0 unspecified atom stereocenters. The lowest BCUT2D eigenvalue weighted by Gasteiger charge is -2.27. The number of hydrogen-bond acceptors (Lipinski definition) is 6. The van der Waals surface area contributed by atoms with Gasteiger partial charge in [0.2, 0.25) is 5.90 Å². The average Bonchev–Trinajstić information content (AvgIpc) is 3.03. The Morgan fingerprint density at radius 2 is 2.10 bits per heavy atom. The maximum atomic E-state index is 13.0. The summed E-state index contributed by atoms with van der Waals surface area (Å²) < 4.78 is 11.5. The molecule has 0 bridgehead atoms. The van der Waals surface area contributed by atoms with Crippen molar-refractivity contribution in [1.29, 1.82) is 0 Å². The van der Waals surface area contributed by atoms with Crippen LogP contribution in [0.5, 0.6) is 5.75 Å². The number of nitrogens with one attached hydrogen (secondary N) is 1. The van der Waals surface area contributed by atoms with Gasteiger partial charge in [0.05, 0.1) is 6.61 Å². The number of ether oxygens (including phenoxy) is 2. The van der Waals surface area contributed by atoms with Gasteiger partial charge in [-0.1, -0.05) is 6.08 Å². The summed E-state index contributed by atoms with van der Waals surface area (Å²) in [6.07, 6.45) is 3.17. The van der Waals surface area contributed by atoms with Gasteiger partial charge in [0.25, 0.3) is 5.91 Å². The minimum atomic E-state index is -1.01. The van der Waals surface area contributed by atoms with E-state index in [0.29, 0.717) is 37.6 Å². The highest BCUT2D eigenvalue weighted by molar-refractivity contribution is 6.00. The summed E-state index contributed by atoms with van der Waals surface area (Å²) >= 11 is 0. The topological polar surface area (TPSA) is 83.4 Å². The number of benzene rings is 1. The third kappa shape index (κ3) is 6.05. The minimum absolute atomic E-state index is 0.100. The zero-order valence-electron chi connectivity index (χ0n) is 17.7. The van der Waals surface area contributed by atoms with Crippen LogP contribution in [0, 0.1) is 0 Å². The zero-order chi connectivity index (χ0) is 21.3. The molecule has 2 atom stereocenters. The van der Waals surface area contributed by atoms with Gasteiger partial charge < -0.3 is 24.8 Å². The molecule has 1 aromatic carbocycles. The number of hydrogen-bond donors (Lipinski definition) is 2. The van der Waals surface area contributed by atoms with Crippen LogP contribution < -0.4 is 10.1 Å². The number of aliphatic hydroxyl groups excluding tert-OH is 1. The van der Waals surface area contributed by atoms with E-state index in [1.54, 1.807) is 6.08 Å². The first-order valence-electron chi connectivity index (χ1n) is 10.1. The van der Waals surface area contributed by atoms with Crippen LogP contribution in [0.2, 0.25) is 0 Å². The summed E-state index contributed by atoms with van der Waals surface area (Å²) in [5.41, 5.74) is -0.219. The summed E-state index contributed by atoms with van der Waals surface area (Å²) in [7, 11) is 4.01. The molecule has 2 rings (SSSR count). The van der Waals surface area contributed by atoms with Gasteiger partial charge in [-0.3, -0.25) is 4.79 Å². The van der Waals surface area contributed by atoms with E-state index in [1.165, 1.54) is 0 Å². The lowest BCUT2D eigenvalue weighted by atomic mass is 9.89. The first-order valence-corrected chi connectivity index (χ1v) is 10.1. The van der Waals surface area contributed by atoms with Crippen LogP contribution in [0.25, 0.3) is 0 Å². The van der Waals surface area contributed by atoms with Gasteiger partial charge in [0, 0.05) is 31.6 Å². The summed E-state index contributed by atoms with van der Waals surface area (Å²) in [6, 6.07) is 7.38. The molecule has 0 saturated heterocycles. The fourth-order valence-corrected chi connectivity index (χ4v) is 3.15. The molecule has 0 saturated carbocycles. The van der Waals surface area contributed by atoms with Crippen LogP contribution in [0.1, 0.15) is 31.7 Å². The highest BCUT2D eigenvalue weighted by Crippen LogP contribution is 2.32. The molecule has 0 spiro atoms. The summed E-state index contributed by atoms with van der Waals surface area (Å²) in [5.74, 6) is 1.03. The highest BCUT2D eigenvalue weighted by atomic mass is 16.5. The van der Waals surface area contributed by atoms with Crippen molar-refractivity contribution < 1.29 is 19.4 Å². The lowest BCUT2D eigenvalue weighted by Crippen LogP contribution is -2.51. The van der Waals surface area contributed by atoms with Crippen molar-refractivity contribution in [3.05, 3.63) is 42.5 Å².